The lowest BCUT2D eigenvalue weighted by Gasteiger charge is -2.26. The summed E-state index contributed by atoms with van der Waals surface area (Å²) in [4.78, 5) is 12.7. The number of carboxylic acids is 1. The van der Waals surface area contributed by atoms with Gasteiger partial charge in [0.15, 0.2) is 0 Å². The predicted molar refractivity (Wildman–Crippen MR) is 50.0 cm³/mol. The van der Waals surface area contributed by atoms with E-state index >= 15 is 0 Å². The van der Waals surface area contributed by atoms with E-state index in [2.05, 4.69) is 0 Å². The summed E-state index contributed by atoms with van der Waals surface area (Å²) in [6, 6.07) is -0.123. The third-order valence-electron chi connectivity index (χ3n) is 2.49. The van der Waals surface area contributed by atoms with Crippen LogP contribution in [0.4, 0.5) is 0 Å². The van der Waals surface area contributed by atoms with Gasteiger partial charge in [-0.3, -0.25) is 9.69 Å². The van der Waals surface area contributed by atoms with E-state index in [1.54, 1.807) is 6.92 Å². The molecule has 0 aromatic carbocycles. The molecule has 0 saturated carbocycles. The Balaban J connectivity index is 2.53. The summed E-state index contributed by atoms with van der Waals surface area (Å²) in [6.45, 7) is 2.85. The van der Waals surface area contributed by atoms with Crippen LogP contribution in [0.2, 0.25) is 0 Å². The zero-order valence-corrected chi connectivity index (χ0v) is 8.51. The summed E-state index contributed by atoms with van der Waals surface area (Å²) < 4.78 is 5.13. The molecule has 0 radical (unpaired) electrons. The minimum atomic E-state index is -0.829. The van der Waals surface area contributed by atoms with Crippen molar-refractivity contribution in [1.29, 1.82) is 0 Å². The standard InChI is InChI=1S/C9H17NO4/c1-6(11)3-10(2)8-5-14-4-7(8)9(12)13/h6-8,11H,3-5H2,1-2H3,(H,12,13). The lowest BCUT2D eigenvalue weighted by atomic mass is 10.0. The molecule has 5 nitrogen and oxygen atoms in total. The predicted octanol–water partition coefficient (Wildman–Crippen LogP) is -0.601. The van der Waals surface area contributed by atoms with E-state index in [9.17, 15) is 9.90 Å². The van der Waals surface area contributed by atoms with Crippen LogP contribution in [-0.2, 0) is 9.53 Å². The van der Waals surface area contributed by atoms with Gasteiger partial charge in [-0.15, -0.1) is 0 Å². The highest BCUT2D eigenvalue weighted by Gasteiger charge is 2.36. The molecule has 0 spiro atoms. The molecule has 5 heteroatoms. The van der Waals surface area contributed by atoms with Crippen LogP contribution in [-0.4, -0.2) is 60.0 Å². The first-order valence-corrected chi connectivity index (χ1v) is 4.71. The first-order valence-electron chi connectivity index (χ1n) is 4.71. The van der Waals surface area contributed by atoms with E-state index in [0.29, 0.717) is 13.2 Å². The van der Waals surface area contributed by atoms with Gasteiger partial charge < -0.3 is 14.9 Å². The highest BCUT2D eigenvalue weighted by molar-refractivity contribution is 5.71. The van der Waals surface area contributed by atoms with Gasteiger partial charge in [-0.1, -0.05) is 0 Å². The summed E-state index contributed by atoms with van der Waals surface area (Å²) in [7, 11) is 1.81. The summed E-state index contributed by atoms with van der Waals surface area (Å²) in [5.41, 5.74) is 0. The molecule has 82 valence electrons. The second-order valence-electron chi connectivity index (χ2n) is 3.84. The van der Waals surface area contributed by atoms with Crippen molar-refractivity contribution in [2.75, 3.05) is 26.8 Å². The fourth-order valence-electron chi connectivity index (χ4n) is 1.77. The highest BCUT2D eigenvalue weighted by Crippen LogP contribution is 2.18. The number of ether oxygens (including phenoxy) is 1. The molecule has 0 aromatic rings. The molecule has 1 heterocycles. The van der Waals surface area contributed by atoms with Crippen molar-refractivity contribution < 1.29 is 19.7 Å². The molecule has 3 unspecified atom stereocenters. The van der Waals surface area contributed by atoms with Gasteiger partial charge in [0.2, 0.25) is 0 Å². The van der Waals surface area contributed by atoms with E-state index in [0.717, 1.165) is 0 Å². The molecular weight excluding hydrogens is 186 g/mol. The van der Waals surface area contributed by atoms with Crippen LogP contribution < -0.4 is 0 Å². The number of carbonyl (C=O) groups is 1. The van der Waals surface area contributed by atoms with E-state index in [-0.39, 0.29) is 12.6 Å². The Kier molecular flexibility index (Phi) is 3.86. The molecule has 1 saturated heterocycles. The number of aliphatic carboxylic acids is 1. The molecule has 1 aliphatic heterocycles. The SMILES string of the molecule is CC(O)CN(C)C1COCC1C(=O)O. The van der Waals surface area contributed by atoms with E-state index in [1.165, 1.54) is 0 Å². The zero-order chi connectivity index (χ0) is 10.7. The molecular formula is C9H17NO4. The fourth-order valence-corrected chi connectivity index (χ4v) is 1.77. The Bertz CT molecular complexity index is 207. The number of nitrogens with zero attached hydrogens (tertiary/aromatic N) is 1. The third kappa shape index (κ3) is 2.67. The third-order valence-corrected chi connectivity index (χ3v) is 2.49. The van der Waals surface area contributed by atoms with Gasteiger partial charge in [0.25, 0.3) is 0 Å². The van der Waals surface area contributed by atoms with Gasteiger partial charge in [-0.25, -0.2) is 0 Å². The smallest absolute Gasteiger partial charge is 0.310 e. The largest absolute Gasteiger partial charge is 0.481 e. The van der Waals surface area contributed by atoms with E-state index in [4.69, 9.17) is 9.84 Å². The van der Waals surface area contributed by atoms with Crippen LogP contribution in [0.5, 0.6) is 0 Å². The number of rotatable bonds is 4. The van der Waals surface area contributed by atoms with E-state index in [1.807, 2.05) is 11.9 Å². The van der Waals surface area contributed by atoms with Gasteiger partial charge in [-0.05, 0) is 14.0 Å². The first-order chi connectivity index (χ1) is 6.52. The maximum Gasteiger partial charge on any atom is 0.310 e. The number of aliphatic hydroxyl groups is 1. The summed E-state index contributed by atoms with van der Waals surface area (Å²) in [6.07, 6.45) is -0.449. The second kappa shape index (κ2) is 4.72. The van der Waals surface area contributed by atoms with Crippen molar-refractivity contribution in [3.63, 3.8) is 0 Å². The Morgan fingerprint density at radius 3 is 2.79 bits per heavy atom. The minimum Gasteiger partial charge on any atom is -0.481 e. The van der Waals surface area contributed by atoms with Crippen molar-refractivity contribution in [3.05, 3.63) is 0 Å². The minimum absolute atomic E-state index is 0.123. The number of carboxylic acid groups (broad SMARTS) is 1. The molecule has 3 atom stereocenters. The summed E-state index contributed by atoms with van der Waals surface area (Å²) in [5, 5.41) is 18.1. The Hall–Kier alpha value is -0.650. The average Bonchev–Trinajstić information content (AvgIpc) is 2.49. The van der Waals surface area contributed by atoms with Crippen molar-refractivity contribution >= 4 is 5.97 Å². The first kappa shape index (κ1) is 11.4. The molecule has 2 N–H and O–H groups in total. The highest BCUT2D eigenvalue weighted by atomic mass is 16.5. The van der Waals surface area contributed by atoms with Crippen LogP contribution >= 0.6 is 0 Å². The lowest BCUT2D eigenvalue weighted by molar-refractivity contribution is -0.143. The van der Waals surface area contributed by atoms with Crippen LogP contribution in [0.15, 0.2) is 0 Å². The van der Waals surface area contributed by atoms with Gasteiger partial charge in [0, 0.05) is 12.6 Å². The summed E-state index contributed by atoms with van der Waals surface area (Å²) in [5.74, 6) is -1.30. The molecule has 0 aromatic heterocycles. The lowest BCUT2D eigenvalue weighted by Crippen LogP contribution is -2.43. The number of likely N-dealkylation sites (N-methyl/N-ethyl adjacent to an activating group) is 1. The van der Waals surface area contributed by atoms with Crippen molar-refractivity contribution in [3.8, 4) is 0 Å². The van der Waals surface area contributed by atoms with Crippen molar-refractivity contribution in [1.82, 2.24) is 4.90 Å². The van der Waals surface area contributed by atoms with Crippen molar-refractivity contribution in [2.24, 2.45) is 5.92 Å². The molecule has 1 fully saturated rings. The van der Waals surface area contributed by atoms with Crippen LogP contribution in [0, 0.1) is 5.92 Å². The number of hydrogen-bond donors (Lipinski definition) is 2. The monoisotopic (exact) mass is 203 g/mol. The molecule has 1 rings (SSSR count). The molecule has 0 bridgehead atoms. The van der Waals surface area contributed by atoms with Crippen LogP contribution in [0.3, 0.4) is 0 Å². The molecule has 0 aliphatic carbocycles. The fraction of sp³-hybridized carbons (Fsp3) is 0.889. The van der Waals surface area contributed by atoms with Gasteiger partial charge in [0.1, 0.15) is 0 Å². The number of aliphatic hydroxyl groups excluding tert-OH is 1. The van der Waals surface area contributed by atoms with Crippen LogP contribution in [0.1, 0.15) is 6.92 Å². The van der Waals surface area contributed by atoms with E-state index < -0.39 is 18.0 Å². The van der Waals surface area contributed by atoms with Gasteiger partial charge in [0.05, 0.1) is 25.2 Å². The molecule has 1 aliphatic rings. The second-order valence-corrected chi connectivity index (χ2v) is 3.84. The summed E-state index contributed by atoms with van der Waals surface area (Å²) >= 11 is 0. The zero-order valence-electron chi connectivity index (χ0n) is 8.51. The maximum absolute atomic E-state index is 10.8. The molecule has 14 heavy (non-hydrogen) atoms. The van der Waals surface area contributed by atoms with Crippen molar-refractivity contribution in [2.45, 2.75) is 19.1 Å². The Morgan fingerprint density at radius 1 is 1.64 bits per heavy atom. The Labute approximate surface area is 83.3 Å². The molecule has 0 amide bonds. The quantitative estimate of drug-likeness (QED) is 0.638. The topological polar surface area (TPSA) is 70.0 Å². The van der Waals surface area contributed by atoms with Gasteiger partial charge in [-0.2, -0.15) is 0 Å². The van der Waals surface area contributed by atoms with Gasteiger partial charge >= 0.3 is 5.97 Å². The maximum atomic E-state index is 10.8. The van der Waals surface area contributed by atoms with Crippen LogP contribution in [0.25, 0.3) is 0 Å². The Morgan fingerprint density at radius 2 is 2.29 bits per heavy atom. The normalized spacial score (nSPS) is 29.4. The number of hydrogen-bond acceptors (Lipinski definition) is 4. The average molecular weight is 203 g/mol.